The highest BCUT2D eigenvalue weighted by atomic mass is 35.5. The van der Waals surface area contributed by atoms with E-state index < -0.39 is 24.3 Å². The highest BCUT2D eigenvalue weighted by Crippen LogP contribution is 2.48. The first-order valence-corrected chi connectivity index (χ1v) is 43.9. The smallest absolute Gasteiger partial charge is 0.422 e. The minimum Gasteiger partial charge on any atom is -0.494 e. The van der Waals surface area contributed by atoms with Crippen molar-refractivity contribution in [2.75, 3.05) is 181 Å². The molecule has 12 bridgehead atoms. The maximum absolute atomic E-state index is 13.1. The second-order valence-corrected chi connectivity index (χ2v) is 35.7. The molecule has 7 heterocycles. The van der Waals surface area contributed by atoms with Gasteiger partial charge in [0.2, 0.25) is 35.7 Å². The van der Waals surface area contributed by atoms with Crippen molar-refractivity contribution in [3.8, 4) is 41.0 Å². The summed E-state index contributed by atoms with van der Waals surface area (Å²) in [6, 6.07) is 40.7. The van der Waals surface area contributed by atoms with Crippen LogP contribution in [0.4, 0.5) is 65.9 Å². The molecule has 0 saturated heterocycles. The predicted molar refractivity (Wildman–Crippen MR) is 488 cm³/mol. The van der Waals surface area contributed by atoms with E-state index in [1.807, 2.05) is 98.8 Å². The molecule has 5 aliphatic rings. The fourth-order valence-electron chi connectivity index (χ4n) is 13.7. The third-order valence-electron chi connectivity index (χ3n) is 20.0. The van der Waals surface area contributed by atoms with Gasteiger partial charge in [-0.3, -0.25) is 14.4 Å². The minimum atomic E-state index is -4.56. The topological polar surface area (TPSA) is 340 Å². The van der Waals surface area contributed by atoms with Crippen LogP contribution in [-0.4, -0.2) is 231 Å². The van der Waals surface area contributed by atoms with Crippen LogP contribution < -0.4 is 81.0 Å². The number of halogens is 4. The summed E-state index contributed by atoms with van der Waals surface area (Å²) in [5.74, 6) is 3.65. The van der Waals surface area contributed by atoms with Gasteiger partial charge in [-0.15, -0.1) is 0 Å². The Kier molecular flexibility index (Phi) is 35.7. The largest absolute Gasteiger partial charge is 0.494 e. The van der Waals surface area contributed by atoms with Crippen LogP contribution in [0.25, 0.3) is 0 Å². The maximum Gasteiger partial charge on any atom is 0.422 e. The Bertz CT molecular complexity index is 4980. The Labute approximate surface area is 748 Å². The molecule has 35 heteroatoms. The van der Waals surface area contributed by atoms with Crippen molar-refractivity contribution in [2.45, 2.75) is 136 Å². The van der Waals surface area contributed by atoms with E-state index in [2.05, 4.69) is 170 Å². The number of carbonyl (C=O) groups is 3. The summed E-state index contributed by atoms with van der Waals surface area (Å²) in [7, 11) is 19.0. The molecule has 0 radical (unpaired) electrons. The third-order valence-corrected chi connectivity index (χ3v) is 20.2. The number of carbonyl (C=O) groups excluding carboxylic acids is 3. The van der Waals surface area contributed by atoms with Crippen molar-refractivity contribution in [3.05, 3.63) is 172 Å². The molecule has 3 aromatic heterocycles. The van der Waals surface area contributed by atoms with E-state index >= 15 is 0 Å². The van der Waals surface area contributed by atoms with Gasteiger partial charge in [0.25, 0.3) is 17.7 Å². The number of rotatable bonds is 25. The molecule has 1 fully saturated rings. The summed E-state index contributed by atoms with van der Waals surface area (Å²) in [6.45, 7) is 15.0. The fourth-order valence-corrected chi connectivity index (χ4v) is 13.9. The first-order chi connectivity index (χ1) is 60.6. The lowest BCUT2D eigenvalue weighted by atomic mass is 9.92. The highest BCUT2D eigenvalue weighted by molar-refractivity contribution is 6.30. The lowest BCUT2D eigenvalue weighted by Gasteiger charge is -2.34. The average molecular weight is 1780 g/mol. The van der Waals surface area contributed by atoms with Crippen molar-refractivity contribution in [1.29, 1.82) is 0 Å². The van der Waals surface area contributed by atoms with E-state index in [1.165, 1.54) is 0 Å². The summed E-state index contributed by atoms with van der Waals surface area (Å²) in [4.78, 5) is 78.2. The SMILES string of the molecule is CC(C)(CNC(=O)c1ccc(Nc2nc(NC3(c4ccc(Cl)cc4)CC3)nc(OCC(F)(F)F)n2)cc1)C[N+](C)(C)C.CCOc1nc2nc(n1)Nc1ccc(C(=O)NCCC[N+](C)(C)C)c(c1)OCCCCCCOc1ccc(cc1)CN2.CCOc1nc2nc(n1)Nc1ccc(C(=O)NCC[N+](C)(C)C)c(c1)OCCCCCCCCOc1ccc(cc1)CN2. The minimum absolute atomic E-state index is 0.0177. The van der Waals surface area contributed by atoms with Crippen LogP contribution in [0.3, 0.4) is 0 Å². The molecule has 0 unspecified atom stereocenters. The van der Waals surface area contributed by atoms with E-state index in [-0.39, 0.29) is 47.1 Å². The van der Waals surface area contributed by atoms with E-state index in [0.29, 0.717) is 146 Å². The van der Waals surface area contributed by atoms with Gasteiger partial charge >= 0.3 is 24.2 Å². The molecule has 9 aromatic rings. The van der Waals surface area contributed by atoms with Crippen LogP contribution in [0.1, 0.15) is 159 Å². The first-order valence-electron chi connectivity index (χ1n) is 43.5. The number of aromatic nitrogens is 9. The monoisotopic (exact) mass is 1780 g/mol. The summed E-state index contributed by atoms with van der Waals surface area (Å²) in [6.07, 6.45) is 8.16. The number of hydrogen-bond donors (Lipinski definition) is 9. The van der Waals surface area contributed by atoms with Gasteiger partial charge in [-0.1, -0.05) is 87.5 Å². The second kappa shape index (κ2) is 46.5. The molecule has 0 spiro atoms. The standard InChI is InChI=1S/C32H45N7O4.C31H43N7O4.C29H35ClF3N7O2/c1-5-41-32-37-30-34-23-24-12-15-26(16-13-24)42-20-10-8-6-7-9-11-21-43-28-22-25(35-31(36-30)38-32)14-17-27(28)29(40)33-18-19-39(2,3)4;1-5-40-31-36-29-33-22-23-11-14-25(15-12-23)41-19-8-6-7-9-20-42-27-21-24(34-30(35-29)37-31)13-16-26(27)28(39)32-17-10-18-38(2,3)4;1-27(2,17-40(3,4)5)16-34-23(41)19-6-12-22(13-7-19)35-24-36-25(38-26(37-24)42-18-29(31,32)33)39-28(14-15-28)20-8-10-21(30)11-9-20/h12-17,22H,5-11,18-21,23H2,1-4H3,(H2-,33,34,35,36,37,38,40);11-16,21H,5-10,17-20,22H2,1-4H3,(H2-,32,33,34,35,36,37,39);6-13H,14-18H2,1-5H3,(H2-,34,35,36,37,38,39,41)/p+3. The van der Waals surface area contributed by atoms with Crippen molar-refractivity contribution >= 4 is 82.1 Å². The highest BCUT2D eigenvalue weighted by Gasteiger charge is 2.45. The fraction of sp³-hybridized carbons (Fsp3) is 0.478. The van der Waals surface area contributed by atoms with E-state index in [1.54, 1.807) is 48.5 Å². The molecule has 684 valence electrons. The number of amides is 3. The molecule has 4 aliphatic heterocycles. The number of anilines is 9. The maximum atomic E-state index is 13.1. The summed E-state index contributed by atoms with van der Waals surface area (Å²) < 4.78 is 81.2. The summed E-state index contributed by atoms with van der Waals surface area (Å²) >= 11 is 6.02. The lowest BCUT2D eigenvalue weighted by molar-refractivity contribution is -0.876. The third kappa shape index (κ3) is 34.8. The molecule has 6 aromatic carbocycles. The molecule has 1 aliphatic carbocycles. The van der Waals surface area contributed by atoms with Gasteiger partial charge in [-0.05, 0) is 167 Å². The lowest BCUT2D eigenvalue weighted by Crippen LogP contribution is -2.47. The van der Waals surface area contributed by atoms with Crippen molar-refractivity contribution in [1.82, 2.24) is 60.8 Å². The van der Waals surface area contributed by atoms with Gasteiger partial charge in [0.15, 0.2) is 6.61 Å². The molecule has 127 heavy (non-hydrogen) atoms. The molecule has 31 nitrogen and oxygen atoms in total. The van der Waals surface area contributed by atoms with Gasteiger partial charge in [-0.25, -0.2) is 0 Å². The van der Waals surface area contributed by atoms with Gasteiger partial charge in [0.05, 0.1) is 146 Å². The van der Waals surface area contributed by atoms with Crippen molar-refractivity contribution in [3.63, 3.8) is 0 Å². The van der Waals surface area contributed by atoms with Gasteiger partial charge < -0.3 is 94.5 Å². The van der Waals surface area contributed by atoms with Gasteiger partial charge in [0.1, 0.15) is 23.0 Å². The molecular formula is C92H126ClF3N21O10+3. The number of nitrogens with zero attached hydrogens (tertiary/aromatic N) is 12. The van der Waals surface area contributed by atoms with Crippen LogP contribution in [0, 0.1) is 5.41 Å². The van der Waals surface area contributed by atoms with Crippen molar-refractivity contribution < 1.29 is 74.2 Å². The summed E-state index contributed by atoms with van der Waals surface area (Å²) in [5, 5.41) is 28.8. The first kappa shape index (κ1) is 97.3. The van der Waals surface area contributed by atoms with Crippen LogP contribution in [0.2, 0.25) is 5.02 Å². The van der Waals surface area contributed by atoms with Crippen LogP contribution in [-0.2, 0) is 18.6 Å². The number of ether oxygens (including phenoxy) is 7. The predicted octanol–water partition coefficient (Wildman–Crippen LogP) is 15.7. The second-order valence-electron chi connectivity index (χ2n) is 35.3. The quantitative estimate of drug-likeness (QED) is 0.0190. The number of nitrogens with one attached hydrogen (secondary N) is 9. The average Bonchev–Trinajstić information content (AvgIpc) is 1.61. The Balaban J connectivity index is 0.000000199. The Morgan fingerprint density at radius 3 is 1.40 bits per heavy atom. The zero-order chi connectivity index (χ0) is 91.0. The molecule has 0 atom stereocenters. The van der Waals surface area contributed by atoms with E-state index in [9.17, 15) is 27.6 Å². The number of alkyl halides is 3. The Morgan fingerprint density at radius 2 is 0.937 bits per heavy atom. The molecule has 3 amide bonds. The Morgan fingerprint density at radius 1 is 0.480 bits per heavy atom. The number of likely N-dealkylation sites (N-methyl/N-ethyl adjacent to an activating group) is 1. The zero-order valence-corrected chi connectivity index (χ0v) is 76.2. The zero-order valence-electron chi connectivity index (χ0n) is 75.5. The van der Waals surface area contributed by atoms with Crippen LogP contribution in [0.5, 0.6) is 41.0 Å². The summed E-state index contributed by atoms with van der Waals surface area (Å²) in [5.41, 5.74) is 5.86. The molecule has 14 rings (SSSR count). The Hall–Kier alpha value is -11.9. The van der Waals surface area contributed by atoms with E-state index in [0.717, 1.165) is 145 Å². The normalized spacial score (nSPS) is 14.6. The number of quaternary nitrogens is 3. The number of fused-ring (bicyclic) bond motifs is 22. The van der Waals surface area contributed by atoms with Crippen LogP contribution >= 0.6 is 11.6 Å². The molecule has 9 N–H and O–H groups in total. The molecule has 1 saturated carbocycles. The molecular weight excluding hydrogens is 1650 g/mol. The van der Waals surface area contributed by atoms with Crippen LogP contribution in [0.15, 0.2) is 133 Å². The van der Waals surface area contributed by atoms with Gasteiger partial charge in [-0.2, -0.15) is 58.0 Å². The number of hydrogen-bond acceptors (Lipinski definition) is 25. The van der Waals surface area contributed by atoms with Crippen molar-refractivity contribution in [2.24, 2.45) is 5.41 Å². The number of benzene rings is 6. The van der Waals surface area contributed by atoms with Gasteiger partial charge in [0, 0.05) is 77.8 Å². The van der Waals surface area contributed by atoms with E-state index in [4.69, 9.17) is 44.8 Å².